The van der Waals surface area contributed by atoms with Crippen LogP contribution in [0.1, 0.15) is 12.8 Å². The molecule has 0 spiro atoms. The minimum atomic E-state index is -4.38. The molecule has 3 aromatic rings. The second-order valence-electron chi connectivity index (χ2n) is 7.78. The first-order chi connectivity index (χ1) is 16.7. The first-order valence-corrected chi connectivity index (χ1v) is 12.0. The van der Waals surface area contributed by atoms with E-state index in [1.807, 2.05) is 35.3 Å². The van der Waals surface area contributed by atoms with Crippen LogP contribution in [0.25, 0.3) is 11.1 Å². The highest BCUT2D eigenvalue weighted by atomic mass is 32.2. The molecule has 1 aromatic heterocycles. The summed E-state index contributed by atoms with van der Waals surface area (Å²) in [5.74, 6) is -2.10. The summed E-state index contributed by atoms with van der Waals surface area (Å²) in [6, 6.07) is 11.5. The van der Waals surface area contributed by atoms with Crippen LogP contribution in [0.5, 0.6) is 5.88 Å². The number of aromatic nitrogens is 1. The summed E-state index contributed by atoms with van der Waals surface area (Å²) < 4.78 is 60.3. The number of pyridine rings is 1. The van der Waals surface area contributed by atoms with Crippen molar-refractivity contribution in [3.63, 3.8) is 0 Å². The lowest BCUT2D eigenvalue weighted by Gasteiger charge is -2.18. The highest BCUT2D eigenvalue weighted by Gasteiger charge is 2.30. The van der Waals surface area contributed by atoms with Crippen molar-refractivity contribution in [3.05, 3.63) is 60.3 Å². The molecule has 0 bridgehead atoms. The molecular formula is C23H22F2N6O3S. The Hall–Kier alpha value is -3.79. The predicted molar refractivity (Wildman–Crippen MR) is 126 cm³/mol. The molecule has 0 aliphatic carbocycles. The highest BCUT2D eigenvalue weighted by Crippen LogP contribution is 2.48. The van der Waals surface area contributed by atoms with Gasteiger partial charge < -0.3 is 4.74 Å². The van der Waals surface area contributed by atoms with Crippen molar-refractivity contribution in [1.82, 2.24) is 15.5 Å². The minimum absolute atomic E-state index is 0.00538. The fourth-order valence-corrected chi connectivity index (χ4v) is 4.60. The standard InChI is InChI=1S/C23H22F2N6O3S/c1-30(10-4-3-9-26)29-31-20-7-5-15(12-21(20)31)16-11-19(23(34-2)27-14-16)28-35(32,33)22-8-6-17(24)13-18(22)25/h5-8,11-14,28-29H,3-4,10H2,1-2H3. The van der Waals surface area contributed by atoms with Gasteiger partial charge in [-0.1, -0.05) is 6.07 Å². The molecule has 0 unspecified atom stereocenters. The number of nitriles is 1. The number of anilines is 3. The number of unbranched alkanes of at least 4 members (excludes halogenated alkanes) is 1. The minimum Gasteiger partial charge on any atom is -0.480 e. The molecule has 12 heteroatoms. The van der Waals surface area contributed by atoms with E-state index in [0.29, 0.717) is 24.6 Å². The number of rotatable bonds is 10. The molecule has 2 aromatic carbocycles. The Bertz CT molecular complexity index is 1410. The van der Waals surface area contributed by atoms with Crippen LogP contribution >= 0.6 is 0 Å². The topological polar surface area (TPSA) is 110 Å². The number of fused-ring (bicyclic) bond motifs is 1. The van der Waals surface area contributed by atoms with Crippen molar-refractivity contribution in [1.29, 1.82) is 5.26 Å². The molecule has 9 nitrogen and oxygen atoms in total. The van der Waals surface area contributed by atoms with Crippen LogP contribution in [0, 0.1) is 23.0 Å². The van der Waals surface area contributed by atoms with Gasteiger partial charge in [0.15, 0.2) is 0 Å². The molecule has 2 heterocycles. The Labute approximate surface area is 201 Å². The van der Waals surface area contributed by atoms with Gasteiger partial charge in [-0.25, -0.2) is 27.2 Å². The zero-order valence-corrected chi connectivity index (χ0v) is 19.7. The second kappa shape index (κ2) is 9.83. The second-order valence-corrected chi connectivity index (χ2v) is 9.43. The quantitative estimate of drug-likeness (QED) is 0.245. The van der Waals surface area contributed by atoms with Crippen molar-refractivity contribution >= 4 is 27.1 Å². The molecule has 4 rings (SSSR count). The van der Waals surface area contributed by atoms with E-state index >= 15 is 0 Å². The smallest absolute Gasteiger partial charge is 0.264 e. The van der Waals surface area contributed by atoms with Gasteiger partial charge in [0.1, 0.15) is 22.2 Å². The first kappa shape index (κ1) is 24.3. The van der Waals surface area contributed by atoms with Crippen LogP contribution in [0.2, 0.25) is 0 Å². The van der Waals surface area contributed by atoms with Gasteiger partial charge in [-0.2, -0.15) is 10.8 Å². The average molecular weight is 501 g/mol. The summed E-state index contributed by atoms with van der Waals surface area (Å²) in [7, 11) is -1.17. The van der Waals surface area contributed by atoms with Crippen molar-refractivity contribution in [3.8, 4) is 23.1 Å². The Kier molecular flexibility index (Phi) is 6.83. The van der Waals surface area contributed by atoms with E-state index in [4.69, 9.17) is 10.00 Å². The highest BCUT2D eigenvalue weighted by molar-refractivity contribution is 7.92. The molecule has 1 aliphatic rings. The van der Waals surface area contributed by atoms with Gasteiger partial charge in [0.05, 0.1) is 24.6 Å². The molecule has 0 amide bonds. The van der Waals surface area contributed by atoms with E-state index in [1.54, 1.807) is 0 Å². The maximum atomic E-state index is 14.1. The van der Waals surface area contributed by atoms with Crippen LogP contribution in [-0.4, -0.2) is 39.1 Å². The summed E-state index contributed by atoms with van der Waals surface area (Å²) in [5, 5.41) is 12.4. The number of nitrogens with zero attached hydrogens (tertiary/aromatic N) is 4. The van der Waals surface area contributed by atoms with E-state index in [9.17, 15) is 17.2 Å². The summed E-state index contributed by atoms with van der Waals surface area (Å²) in [5.41, 5.74) is 6.50. The predicted octanol–water partition coefficient (Wildman–Crippen LogP) is 3.94. The lowest BCUT2D eigenvalue weighted by molar-refractivity contribution is 0.242. The molecule has 182 valence electrons. The zero-order valence-electron chi connectivity index (χ0n) is 18.9. The maximum Gasteiger partial charge on any atom is 0.264 e. The number of methoxy groups -OCH3 is 1. The molecular weight excluding hydrogens is 478 g/mol. The van der Waals surface area contributed by atoms with Crippen LogP contribution in [0.4, 0.5) is 25.8 Å². The van der Waals surface area contributed by atoms with Crippen LogP contribution < -0.4 is 20.0 Å². The lowest BCUT2D eigenvalue weighted by Crippen LogP contribution is -2.40. The van der Waals surface area contributed by atoms with Crippen LogP contribution in [0.3, 0.4) is 0 Å². The third kappa shape index (κ3) is 5.32. The molecule has 1 aliphatic heterocycles. The number of benzene rings is 2. The van der Waals surface area contributed by atoms with Crippen molar-refractivity contribution in [2.45, 2.75) is 17.7 Å². The molecule has 0 atom stereocenters. The molecule has 2 N–H and O–H groups in total. The van der Waals surface area contributed by atoms with Gasteiger partial charge in [-0.05, 0) is 42.3 Å². The van der Waals surface area contributed by atoms with Crippen LogP contribution in [-0.2, 0) is 10.0 Å². The summed E-state index contributed by atoms with van der Waals surface area (Å²) in [6.07, 6.45) is 2.76. The van der Waals surface area contributed by atoms with E-state index in [1.165, 1.54) is 19.4 Å². The monoisotopic (exact) mass is 500 g/mol. The van der Waals surface area contributed by atoms with E-state index in [0.717, 1.165) is 35.5 Å². The zero-order chi connectivity index (χ0) is 25.2. The largest absolute Gasteiger partial charge is 0.480 e. The van der Waals surface area contributed by atoms with Gasteiger partial charge in [-0.3, -0.25) is 9.73 Å². The van der Waals surface area contributed by atoms with Gasteiger partial charge in [0.2, 0.25) is 5.88 Å². The Morgan fingerprint density at radius 1 is 1.14 bits per heavy atom. The summed E-state index contributed by atoms with van der Waals surface area (Å²) >= 11 is 0. The molecule has 35 heavy (non-hydrogen) atoms. The van der Waals surface area contributed by atoms with E-state index in [-0.39, 0.29) is 11.6 Å². The van der Waals surface area contributed by atoms with Crippen molar-refractivity contribution in [2.75, 3.05) is 30.4 Å². The first-order valence-electron chi connectivity index (χ1n) is 10.5. The average Bonchev–Trinajstić information content (AvgIpc) is 3.50. The molecule has 0 saturated carbocycles. The van der Waals surface area contributed by atoms with Crippen molar-refractivity contribution in [2.24, 2.45) is 0 Å². The number of nitrogens with one attached hydrogen (secondary N) is 2. The number of ether oxygens (including phenoxy) is 1. The Morgan fingerprint density at radius 2 is 1.94 bits per heavy atom. The third-order valence-electron chi connectivity index (χ3n) is 5.27. The molecule has 0 radical (unpaired) electrons. The number of hydrogen-bond acceptors (Lipinski definition) is 8. The normalized spacial score (nSPS) is 12.3. The fraction of sp³-hybridized carbons (Fsp3) is 0.217. The molecule has 0 saturated heterocycles. The summed E-state index contributed by atoms with van der Waals surface area (Å²) in [6.45, 7) is 0.700. The Morgan fingerprint density at radius 3 is 2.66 bits per heavy atom. The summed E-state index contributed by atoms with van der Waals surface area (Å²) in [4.78, 5) is 3.48. The fourth-order valence-electron chi connectivity index (χ4n) is 3.50. The number of halogens is 2. The van der Waals surface area contributed by atoms with Crippen molar-refractivity contribution < 1.29 is 21.9 Å². The SMILES string of the molecule is COc1ncc(-c2ccc3c(c2)N3NN(C)CCCC#N)cc1NS(=O)(=O)c1ccc(F)cc1F. The van der Waals surface area contributed by atoms with E-state index < -0.39 is 26.6 Å². The van der Waals surface area contributed by atoms with Gasteiger partial charge in [-0.15, -0.1) is 0 Å². The van der Waals surface area contributed by atoms with Gasteiger partial charge in [0, 0.05) is 37.8 Å². The van der Waals surface area contributed by atoms with Gasteiger partial charge in [0.25, 0.3) is 10.0 Å². The third-order valence-corrected chi connectivity index (χ3v) is 6.66. The lowest BCUT2D eigenvalue weighted by atomic mass is 10.1. The number of hydrogen-bond donors (Lipinski definition) is 2. The maximum absolute atomic E-state index is 14.1. The number of sulfonamides is 1. The Balaban J connectivity index is 1.55. The van der Waals surface area contributed by atoms with E-state index in [2.05, 4.69) is 21.3 Å². The van der Waals surface area contributed by atoms with Gasteiger partial charge >= 0.3 is 0 Å². The van der Waals surface area contributed by atoms with Crippen LogP contribution in [0.15, 0.2) is 53.6 Å². The number of hydrazine groups is 2. The molecule has 0 fully saturated rings.